The van der Waals surface area contributed by atoms with Gasteiger partial charge < -0.3 is 14.6 Å². The van der Waals surface area contributed by atoms with Gasteiger partial charge in [-0.3, -0.25) is 0 Å². The SMILES string of the molecule is CO/C=C(\Oc1cc(-n2ncc(C(C)C)n2)ccc1C)C(=O)O. The van der Waals surface area contributed by atoms with Crippen LogP contribution in [-0.4, -0.2) is 33.2 Å². The molecule has 1 heterocycles. The summed E-state index contributed by atoms with van der Waals surface area (Å²) in [6, 6.07) is 5.34. The van der Waals surface area contributed by atoms with Crippen molar-refractivity contribution in [1.29, 1.82) is 0 Å². The van der Waals surface area contributed by atoms with E-state index in [1.807, 2.05) is 32.9 Å². The Morgan fingerprint density at radius 3 is 2.70 bits per heavy atom. The lowest BCUT2D eigenvalue weighted by molar-refractivity contribution is -0.135. The number of ether oxygens (including phenoxy) is 2. The van der Waals surface area contributed by atoms with Gasteiger partial charge in [0.25, 0.3) is 0 Å². The Balaban J connectivity index is 2.34. The van der Waals surface area contributed by atoms with Crippen LogP contribution in [0.25, 0.3) is 5.69 Å². The average Bonchev–Trinajstić information content (AvgIpc) is 2.98. The maximum atomic E-state index is 11.1. The van der Waals surface area contributed by atoms with Gasteiger partial charge >= 0.3 is 5.97 Å². The summed E-state index contributed by atoms with van der Waals surface area (Å²) in [6.07, 6.45) is 2.75. The van der Waals surface area contributed by atoms with Crippen LogP contribution < -0.4 is 4.74 Å². The Kier molecular flexibility index (Phi) is 5.00. The number of methoxy groups -OCH3 is 1. The zero-order valence-electron chi connectivity index (χ0n) is 13.5. The summed E-state index contributed by atoms with van der Waals surface area (Å²) in [5, 5.41) is 17.7. The summed E-state index contributed by atoms with van der Waals surface area (Å²) in [7, 11) is 1.36. The molecule has 1 aromatic heterocycles. The van der Waals surface area contributed by atoms with Crippen molar-refractivity contribution in [3.8, 4) is 11.4 Å². The van der Waals surface area contributed by atoms with Crippen molar-refractivity contribution in [3.63, 3.8) is 0 Å². The molecule has 0 aliphatic rings. The molecule has 2 rings (SSSR count). The molecule has 0 saturated carbocycles. The van der Waals surface area contributed by atoms with Gasteiger partial charge in [-0.1, -0.05) is 19.9 Å². The van der Waals surface area contributed by atoms with Gasteiger partial charge in [0.05, 0.1) is 24.7 Å². The normalized spacial score (nSPS) is 11.6. The number of hydrogen-bond acceptors (Lipinski definition) is 5. The molecule has 0 spiro atoms. The van der Waals surface area contributed by atoms with Crippen LogP contribution in [0.5, 0.6) is 5.75 Å². The Morgan fingerprint density at radius 2 is 2.13 bits per heavy atom. The molecule has 0 saturated heterocycles. The van der Waals surface area contributed by atoms with E-state index in [2.05, 4.69) is 10.2 Å². The molecule has 1 aromatic carbocycles. The van der Waals surface area contributed by atoms with E-state index in [1.165, 1.54) is 11.9 Å². The lowest BCUT2D eigenvalue weighted by Gasteiger charge is -2.10. The summed E-state index contributed by atoms with van der Waals surface area (Å²) >= 11 is 0. The van der Waals surface area contributed by atoms with Crippen LogP contribution in [0.1, 0.15) is 31.0 Å². The number of carboxylic acid groups (broad SMARTS) is 1. The van der Waals surface area contributed by atoms with E-state index >= 15 is 0 Å². The van der Waals surface area contributed by atoms with E-state index in [-0.39, 0.29) is 11.7 Å². The minimum absolute atomic E-state index is 0.271. The van der Waals surface area contributed by atoms with E-state index in [4.69, 9.17) is 14.6 Å². The van der Waals surface area contributed by atoms with Crippen LogP contribution in [0, 0.1) is 6.92 Å². The number of benzene rings is 1. The lowest BCUT2D eigenvalue weighted by atomic mass is 10.2. The molecule has 0 atom stereocenters. The fourth-order valence-corrected chi connectivity index (χ4v) is 1.83. The van der Waals surface area contributed by atoms with Crippen LogP contribution in [-0.2, 0) is 9.53 Å². The molecule has 0 unspecified atom stereocenters. The number of hydrogen-bond donors (Lipinski definition) is 1. The van der Waals surface area contributed by atoms with Gasteiger partial charge in [0, 0.05) is 6.07 Å². The largest absolute Gasteiger partial charge is 0.500 e. The summed E-state index contributed by atoms with van der Waals surface area (Å²) in [4.78, 5) is 12.6. The van der Waals surface area contributed by atoms with Gasteiger partial charge in [-0.05, 0) is 24.5 Å². The first-order valence-electron chi connectivity index (χ1n) is 7.09. The monoisotopic (exact) mass is 317 g/mol. The second-order valence-corrected chi connectivity index (χ2v) is 5.29. The maximum Gasteiger partial charge on any atom is 0.375 e. The third-order valence-corrected chi connectivity index (χ3v) is 3.16. The summed E-state index contributed by atoms with van der Waals surface area (Å²) in [5.41, 5.74) is 2.34. The molecule has 0 radical (unpaired) electrons. The van der Waals surface area contributed by atoms with Crippen LogP contribution in [0.15, 0.2) is 36.4 Å². The predicted molar refractivity (Wildman–Crippen MR) is 83.5 cm³/mol. The van der Waals surface area contributed by atoms with Gasteiger partial charge in [0.1, 0.15) is 12.0 Å². The van der Waals surface area contributed by atoms with E-state index in [0.29, 0.717) is 11.4 Å². The minimum atomic E-state index is -1.21. The van der Waals surface area contributed by atoms with Crippen LogP contribution in [0.3, 0.4) is 0 Å². The number of rotatable bonds is 6. The highest BCUT2D eigenvalue weighted by atomic mass is 16.5. The zero-order valence-corrected chi connectivity index (χ0v) is 13.5. The van der Waals surface area contributed by atoms with Crippen molar-refractivity contribution >= 4 is 5.97 Å². The predicted octanol–water partition coefficient (Wildman–Crippen LogP) is 2.65. The number of aryl methyl sites for hydroxylation is 1. The van der Waals surface area contributed by atoms with Gasteiger partial charge in [-0.2, -0.15) is 15.0 Å². The smallest absolute Gasteiger partial charge is 0.375 e. The van der Waals surface area contributed by atoms with E-state index in [0.717, 1.165) is 17.5 Å². The molecule has 7 heteroatoms. The molecular formula is C16H19N3O4. The van der Waals surface area contributed by atoms with E-state index < -0.39 is 5.97 Å². The number of nitrogens with zero attached hydrogens (tertiary/aromatic N) is 3. The molecule has 122 valence electrons. The first-order chi connectivity index (χ1) is 10.9. The van der Waals surface area contributed by atoms with Gasteiger partial charge in [-0.15, -0.1) is 0 Å². The van der Waals surface area contributed by atoms with Crippen molar-refractivity contribution < 1.29 is 19.4 Å². The van der Waals surface area contributed by atoms with E-state index in [1.54, 1.807) is 12.3 Å². The summed E-state index contributed by atoms with van der Waals surface area (Å²) in [6.45, 7) is 5.89. The molecule has 1 N–H and O–H groups in total. The molecule has 0 aliphatic heterocycles. The second-order valence-electron chi connectivity index (χ2n) is 5.29. The van der Waals surface area contributed by atoms with Crippen LogP contribution in [0.4, 0.5) is 0 Å². The second kappa shape index (κ2) is 6.95. The fourth-order valence-electron chi connectivity index (χ4n) is 1.83. The van der Waals surface area contributed by atoms with Gasteiger partial charge in [0.15, 0.2) is 0 Å². The molecule has 23 heavy (non-hydrogen) atoms. The zero-order chi connectivity index (χ0) is 17.0. The molecule has 0 bridgehead atoms. The van der Waals surface area contributed by atoms with Crippen molar-refractivity contribution in [2.24, 2.45) is 0 Å². The average molecular weight is 317 g/mol. The first kappa shape index (κ1) is 16.5. The Bertz CT molecular complexity index is 735. The van der Waals surface area contributed by atoms with Crippen LogP contribution >= 0.6 is 0 Å². The quantitative estimate of drug-likeness (QED) is 0.651. The molecular weight excluding hydrogens is 298 g/mol. The Labute approximate surface area is 134 Å². The summed E-state index contributed by atoms with van der Waals surface area (Å²) < 4.78 is 10.2. The fraction of sp³-hybridized carbons (Fsp3) is 0.312. The third kappa shape index (κ3) is 3.88. The number of carboxylic acids is 1. The van der Waals surface area contributed by atoms with Crippen molar-refractivity contribution in [2.45, 2.75) is 26.7 Å². The number of aromatic nitrogens is 3. The highest BCUT2D eigenvalue weighted by Crippen LogP contribution is 2.24. The molecule has 0 fully saturated rings. The van der Waals surface area contributed by atoms with Crippen molar-refractivity contribution in [1.82, 2.24) is 15.0 Å². The number of carbonyl (C=O) groups is 1. The van der Waals surface area contributed by atoms with Crippen molar-refractivity contribution in [2.75, 3.05) is 7.11 Å². The highest BCUT2D eigenvalue weighted by Gasteiger charge is 2.14. The lowest BCUT2D eigenvalue weighted by Crippen LogP contribution is -2.09. The van der Waals surface area contributed by atoms with Gasteiger partial charge in [0.2, 0.25) is 5.76 Å². The molecule has 0 aliphatic carbocycles. The van der Waals surface area contributed by atoms with Gasteiger partial charge in [-0.25, -0.2) is 4.79 Å². The maximum absolute atomic E-state index is 11.1. The molecule has 0 amide bonds. The summed E-state index contributed by atoms with van der Waals surface area (Å²) in [5.74, 6) is -0.843. The van der Waals surface area contributed by atoms with Crippen LogP contribution in [0.2, 0.25) is 0 Å². The van der Waals surface area contributed by atoms with Crippen molar-refractivity contribution in [3.05, 3.63) is 47.7 Å². The standard InChI is InChI=1S/C16H19N3O4/c1-10(2)13-8-17-19(18-13)12-6-5-11(3)14(7-12)23-15(9-22-4)16(20)21/h5-10H,1-4H3,(H,20,21)/b15-9-. The first-order valence-corrected chi connectivity index (χ1v) is 7.09. The van der Waals surface area contributed by atoms with E-state index in [9.17, 15) is 4.79 Å². The Hall–Kier alpha value is -2.83. The Morgan fingerprint density at radius 1 is 1.39 bits per heavy atom. The number of aliphatic carboxylic acids is 1. The minimum Gasteiger partial charge on any atom is -0.500 e. The third-order valence-electron chi connectivity index (χ3n) is 3.16. The molecule has 2 aromatic rings. The molecule has 7 nitrogen and oxygen atoms in total. The highest BCUT2D eigenvalue weighted by molar-refractivity contribution is 5.84. The topological polar surface area (TPSA) is 86.5 Å².